The minimum absolute atomic E-state index is 0.0991. The third-order valence-electron chi connectivity index (χ3n) is 5.64. The van der Waals surface area contributed by atoms with Crippen molar-refractivity contribution in [2.24, 2.45) is 11.3 Å². The van der Waals surface area contributed by atoms with E-state index in [1.54, 1.807) is 0 Å². The van der Waals surface area contributed by atoms with Gasteiger partial charge in [-0.15, -0.1) is 0 Å². The maximum atomic E-state index is 12.6. The molecule has 22 heavy (non-hydrogen) atoms. The molecule has 2 saturated heterocycles. The van der Waals surface area contributed by atoms with Crippen LogP contribution in [-0.2, 0) is 14.3 Å². The Morgan fingerprint density at radius 2 is 2.05 bits per heavy atom. The van der Waals surface area contributed by atoms with Crippen LogP contribution in [0.5, 0.6) is 0 Å². The summed E-state index contributed by atoms with van der Waals surface area (Å²) in [5.74, 6) is 0.427. The standard InChI is InChI=1S/C17H27NO4/c1-15(2,3)22-14(20)18-8-6-7-12-13(18)16(4,5)17(12)9-11(19)10-21-17/h12-13H,6-10H2,1-5H3. The smallest absolute Gasteiger partial charge is 0.410 e. The molecule has 1 amide bonds. The molecule has 5 nitrogen and oxygen atoms in total. The number of carbonyl (C=O) groups is 2. The first kappa shape index (κ1) is 15.8. The highest BCUT2D eigenvalue weighted by Gasteiger charge is 2.73. The first-order valence-corrected chi connectivity index (χ1v) is 8.24. The van der Waals surface area contributed by atoms with Gasteiger partial charge in [0, 0.05) is 30.3 Å². The highest BCUT2D eigenvalue weighted by atomic mass is 16.6. The van der Waals surface area contributed by atoms with Crippen LogP contribution in [0.15, 0.2) is 0 Å². The van der Waals surface area contributed by atoms with E-state index in [2.05, 4.69) is 13.8 Å². The van der Waals surface area contributed by atoms with Crippen LogP contribution in [0.25, 0.3) is 0 Å². The number of ether oxygens (including phenoxy) is 2. The zero-order valence-electron chi connectivity index (χ0n) is 14.3. The maximum absolute atomic E-state index is 12.6. The Hall–Kier alpha value is -1.10. The van der Waals surface area contributed by atoms with Crippen LogP contribution in [0, 0.1) is 11.3 Å². The number of carbonyl (C=O) groups excluding carboxylic acids is 2. The van der Waals surface area contributed by atoms with E-state index in [1.807, 2.05) is 25.7 Å². The van der Waals surface area contributed by atoms with E-state index >= 15 is 0 Å². The number of rotatable bonds is 0. The molecule has 3 aliphatic rings. The van der Waals surface area contributed by atoms with Crippen LogP contribution in [0.3, 0.4) is 0 Å². The molecule has 0 bridgehead atoms. The molecule has 0 aromatic heterocycles. The van der Waals surface area contributed by atoms with Gasteiger partial charge in [-0.25, -0.2) is 4.79 Å². The van der Waals surface area contributed by atoms with Gasteiger partial charge >= 0.3 is 6.09 Å². The number of amides is 1. The lowest BCUT2D eigenvalue weighted by molar-refractivity contribution is -0.264. The molecule has 0 radical (unpaired) electrons. The second-order valence-electron chi connectivity index (χ2n) is 8.48. The number of likely N-dealkylation sites (tertiary alicyclic amines) is 1. The molecular weight excluding hydrogens is 282 g/mol. The van der Waals surface area contributed by atoms with Crippen molar-refractivity contribution >= 4 is 11.9 Å². The molecule has 0 N–H and O–H groups in total. The summed E-state index contributed by atoms with van der Waals surface area (Å²) in [6, 6.07) is 0.0991. The van der Waals surface area contributed by atoms with Crippen LogP contribution in [0.4, 0.5) is 4.79 Å². The molecule has 1 aliphatic carbocycles. The van der Waals surface area contributed by atoms with Gasteiger partial charge in [0.2, 0.25) is 0 Å². The van der Waals surface area contributed by atoms with E-state index in [9.17, 15) is 9.59 Å². The Morgan fingerprint density at radius 3 is 2.59 bits per heavy atom. The zero-order chi connectivity index (χ0) is 16.3. The lowest BCUT2D eigenvalue weighted by Crippen LogP contribution is -2.78. The predicted molar refractivity (Wildman–Crippen MR) is 81.5 cm³/mol. The quantitative estimate of drug-likeness (QED) is 0.690. The van der Waals surface area contributed by atoms with Gasteiger partial charge < -0.3 is 14.4 Å². The summed E-state index contributed by atoms with van der Waals surface area (Å²) < 4.78 is 11.5. The summed E-state index contributed by atoms with van der Waals surface area (Å²) in [5.41, 5.74) is -1.09. The average molecular weight is 309 g/mol. The van der Waals surface area contributed by atoms with Crippen molar-refractivity contribution in [3.05, 3.63) is 0 Å². The van der Waals surface area contributed by atoms with E-state index in [4.69, 9.17) is 9.47 Å². The van der Waals surface area contributed by atoms with E-state index in [-0.39, 0.29) is 41.5 Å². The molecule has 1 saturated carbocycles. The first-order chi connectivity index (χ1) is 10.1. The van der Waals surface area contributed by atoms with Crippen molar-refractivity contribution in [3.8, 4) is 0 Å². The van der Waals surface area contributed by atoms with Crippen molar-refractivity contribution in [1.29, 1.82) is 0 Å². The van der Waals surface area contributed by atoms with Gasteiger partial charge in [0.25, 0.3) is 0 Å². The molecule has 2 heterocycles. The summed E-state index contributed by atoms with van der Waals surface area (Å²) >= 11 is 0. The lowest BCUT2D eigenvalue weighted by atomic mass is 9.45. The molecule has 1 spiro atoms. The number of ketones is 1. The zero-order valence-corrected chi connectivity index (χ0v) is 14.3. The number of fused-ring (bicyclic) bond motifs is 2. The second-order valence-corrected chi connectivity index (χ2v) is 8.48. The molecule has 5 heteroatoms. The number of piperidine rings is 1. The van der Waals surface area contributed by atoms with Crippen molar-refractivity contribution in [1.82, 2.24) is 4.90 Å². The number of hydrogen-bond donors (Lipinski definition) is 0. The summed E-state index contributed by atoms with van der Waals surface area (Å²) in [6.07, 6.45) is 2.20. The number of hydrogen-bond acceptors (Lipinski definition) is 4. The largest absolute Gasteiger partial charge is 0.444 e. The number of Topliss-reactive ketones (excluding diaryl/α,β-unsaturated/α-hetero) is 1. The molecule has 3 rings (SSSR count). The van der Waals surface area contributed by atoms with Gasteiger partial charge in [0.1, 0.15) is 12.2 Å². The maximum Gasteiger partial charge on any atom is 0.410 e. The van der Waals surface area contributed by atoms with E-state index < -0.39 is 5.60 Å². The predicted octanol–water partition coefficient (Wildman–Crippen LogP) is 2.77. The van der Waals surface area contributed by atoms with Crippen LogP contribution >= 0.6 is 0 Å². The summed E-state index contributed by atoms with van der Waals surface area (Å²) in [4.78, 5) is 26.2. The monoisotopic (exact) mass is 309 g/mol. The van der Waals surface area contributed by atoms with Crippen molar-refractivity contribution in [2.75, 3.05) is 13.2 Å². The Labute approximate surface area is 132 Å². The van der Waals surface area contributed by atoms with Crippen molar-refractivity contribution < 1.29 is 19.1 Å². The van der Waals surface area contributed by atoms with Gasteiger partial charge in [0.05, 0.1) is 5.60 Å². The van der Waals surface area contributed by atoms with Gasteiger partial charge in [-0.1, -0.05) is 13.8 Å². The number of nitrogens with zero attached hydrogens (tertiary/aromatic N) is 1. The molecule has 0 aromatic rings. The molecule has 2 aliphatic heterocycles. The van der Waals surface area contributed by atoms with Crippen LogP contribution in [0.1, 0.15) is 53.9 Å². The van der Waals surface area contributed by atoms with Crippen LogP contribution in [0.2, 0.25) is 0 Å². The summed E-state index contributed by atoms with van der Waals surface area (Å²) in [6.45, 7) is 10.9. The Balaban J connectivity index is 1.83. The minimum atomic E-state index is -0.491. The Bertz CT molecular complexity index is 507. The third kappa shape index (κ3) is 2.08. The highest BCUT2D eigenvalue weighted by molar-refractivity contribution is 5.83. The van der Waals surface area contributed by atoms with Gasteiger partial charge in [-0.2, -0.15) is 0 Å². The van der Waals surface area contributed by atoms with Crippen molar-refractivity contribution in [2.45, 2.75) is 71.1 Å². The Morgan fingerprint density at radius 1 is 1.36 bits per heavy atom. The minimum Gasteiger partial charge on any atom is -0.444 e. The van der Waals surface area contributed by atoms with Crippen LogP contribution < -0.4 is 0 Å². The van der Waals surface area contributed by atoms with E-state index in [0.29, 0.717) is 6.42 Å². The molecule has 3 fully saturated rings. The molecule has 3 unspecified atom stereocenters. The van der Waals surface area contributed by atoms with Gasteiger partial charge in [-0.05, 0) is 33.6 Å². The van der Waals surface area contributed by atoms with Gasteiger partial charge in [0.15, 0.2) is 5.78 Å². The fourth-order valence-corrected chi connectivity index (χ4v) is 4.79. The van der Waals surface area contributed by atoms with Crippen LogP contribution in [-0.4, -0.2) is 47.2 Å². The summed E-state index contributed by atoms with van der Waals surface area (Å²) in [5, 5.41) is 0. The normalized spacial score (nSPS) is 37.0. The molecule has 3 atom stereocenters. The fourth-order valence-electron chi connectivity index (χ4n) is 4.79. The average Bonchev–Trinajstić information content (AvgIpc) is 2.81. The molecule has 124 valence electrons. The first-order valence-electron chi connectivity index (χ1n) is 8.24. The SMILES string of the molecule is CC(C)(C)OC(=O)N1CCCC2C1C(C)(C)C21CC(=O)CO1. The second kappa shape index (κ2) is 4.70. The topological polar surface area (TPSA) is 55.8 Å². The Kier molecular flexibility index (Phi) is 3.37. The highest BCUT2D eigenvalue weighted by Crippen LogP contribution is 2.64. The van der Waals surface area contributed by atoms with Gasteiger partial charge in [-0.3, -0.25) is 4.79 Å². The van der Waals surface area contributed by atoms with E-state index in [1.165, 1.54) is 0 Å². The molecule has 0 aromatic carbocycles. The van der Waals surface area contributed by atoms with Crippen molar-refractivity contribution in [3.63, 3.8) is 0 Å². The fraction of sp³-hybridized carbons (Fsp3) is 0.882. The van der Waals surface area contributed by atoms with E-state index in [0.717, 1.165) is 19.4 Å². The molecular formula is C17H27NO4. The lowest BCUT2D eigenvalue weighted by Gasteiger charge is -2.68. The third-order valence-corrected chi connectivity index (χ3v) is 5.64. The summed E-state index contributed by atoms with van der Waals surface area (Å²) in [7, 11) is 0.